The molecule has 0 aromatic heterocycles. The van der Waals surface area contributed by atoms with E-state index >= 15 is 0 Å². The number of guanidine groups is 1. The van der Waals surface area contributed by atoms with Crippen LogP contribution in [-0.2, 0) is 9.47 Å². The van der Waals surface area contributed by atoms with Gasteiger partial charge in [0, 0.05) is 52.4 Å². The summed E-state index contributed by atoms with van der Waals surface area (Å²) in [6.45, 7) is 15.6. The first-order valence-corrected chi connectivity index (χ1v) is 9.59. The van der Waals surface area contributed by atoms with Crippen molar-refractivity contribution in [2.24, 2.45) is 10.9 Å². The van der Waals surface area contributed by atoms with Gasteiger partial charge in [-0.2, -0.15) is 0 Å². The summed E-state index contributed by atoms with van der Waals surface area (Å²) in [6.07, 6.45) is 0. The van der Waals surface area contributed by atoms with Gasteiger partial charge < -0.3 is 25.0 Å². The first-order chi connectivity index (χ1) is 12.1. The number of nitrogens with one attached hydrogen (secondary N) is 2. The Morgan fingerprint density at radius 3 is 2.50 bits per heavy atom. The Morgan fingerprint density at radius 2 is 1.92 bits per heavy atom. The number of hydrogen-bond acceptors (Lipinski definition) is 5. The largest absolute Gasteiger partial charge is 0.383 e. The number of halogens is 1. The Kier molecular flexibility index (Phi) is 15.8. The molecule has 1 saturated heterocycles. The maximum absolute atomic E-state index is 5.48. The van der Waals surface area contributed by atoms with E-state index in [1.54, 1.807) is 7.11 Å². The van der Waals surface area contributed by atoms with Crippen molar-refractivity contribution >= 4 is 29.9 Å². The van der Waals surface area contributed by atoms with E-state index in [0.717, 1.165) is 71.6 Å². The second-order valence-corrected chi connectivity index (χ2v) is 6.90. The number of morpholine rings is 1. The van der Waals surface area contributed by atoms with Gasteiger partial charge >= 0.3 is 0 Å². The van der Waals surface area contributed by atoms with Gasteiger partial charge in [0.25, 0.3) is 0 Å². The highest BCUT2D eigenvalue weighted by atomic mass is 127. The van der Waals surface area contributed by atoms with E-state index in [1.165, 1.54) is 0 Å². The third-order valence-electron chi connectivity index (χ3n) is 4.53. The van der Waals surface area contributed by atoms with Crippen LogP contribution in [0, 0.1) is 5.92 Å². The standard InChI is InChI=1S/C18H39N5O2.HI/c1-6-19-18(20-7-8-22(4)9-12-24-5)21-15-17(16(2)3)23-10-13-25-14-11-23;/h16-17H,6-15H2,1-5H3,(H2,19,20,21);1H. The minimum absolute atomic E-state index is 0. The molecular weight excluding hydrogens is 445 g/mol. The molecule has 1 fully saturated rings. The van der Waals surface area contributed by atoms with Crippen molar-refractivity contribution in [1.29, 1.82) is 0 Å². The zero-order chi connectivity index (χ0) is 18.5. The van der Waals surface area contributed by atoms with Gasteiger partial charge in [0.05, 0.1) is 26.4 Å². The van der Waals surface area contributed by atoms with Crippen LogP contribution in [0.1, 0.15) is 20.8 Å². The van der Waals surface area contributed by atoms with Gasteiger partial charge in [-0.25, -0.2) is 0 Å². The van der Waals surface area contributed by atoms with Crippen LogP contribution in [0.2, 0.25) is 0 Å². The number of rotatable bonds is 11. The zero-order valence-electron chi connectivity index (χ0n) is 17.3. The van der Waals surface area contributed by atoms with Crippen LogP contribution in [-0.4, -0.2) is 102 Å². The predicted molar refractivity (Wildman–Crippen MR) is 120 cm³/mol. The van der Waals surface area contributed by atoms with Gasteiger partial charge in [-0.15, -0.1) is 24.0 Å². The second kappa shape index (κ2) is 15.9. The molecule has 0 aromatic rings. The fourth-order valence-electron chi connectivity index (χ4n) is 2.91. The molecule has 1 aliphatic rings. The third-order valence-corrected chi connectivity index (χ3v) is 4.53. The molecule has 0 radical (unpaired) electrons. The molecular formula is C18H40IN5O2. The van der Waals surface area contributed by atoms with E-state index in [4.69, 9.17) is 14.5 Å². The van der Waals surface area contributed by atoms with Crippen LogP contribution < -0.4 is 10.6 Å². The van der Waals surface area contributed by atoms with Crippen LogP contribution >= 0.6 is 24.0 Å². The Labute approximate surface area is 177 Å². The fourth-order valence-corrected chi connectivity index (χ4v) is 2.91. The van der Waals surface area contributed by atoms with Crippen molar-refractivity contribution < 1.29 is 9.47 Å². The number of ether oxygens (including phenoxy) is 2. The Morgan fingerprint density at radius 1 is 1.23 bits per heavy atom. The van der Waals surface area contributed by atoms with Crippen LogP contribution in [0.4, 0.5) is 0 Å². The zero-order valence-corrected chi connectivity index (χ0v) is 19.6. The Balaban J connectivity index is 0.00000625. The maximum atomic E-state index is 5.48. The minimum atomic E-state index is 0. The lowest BCUT2D eigenvalue weighted by Crippen LogP contribution is -2.48. The summed E-state index contributed by atoms with van der Waals surface area (Å²) in [5.41, 5.74) is 0. The predicted octanol–water partition coefficient (Wildman–Crippen LogP) is 1.09. The lowest BCUT2D eigenvalue weighted by atomic mass is 10.0. The molecule has 1 aliphatic heterocycles. The van der Waals surface area contributed by atoms with Gasteiger partial charge in [0.1, 0.15) is 0 Å². The lowest BCUT2D eigenvalue weighted by molar-refractivity contribution is 0.00867. The quantitative estimate of drug-likeness (QED) is 0.260. The van der Waals surface area contributed by atoms with Crippen molar-refractivity contribution in [2.75, 3.05) is 79.8 Å². The molecule has 0 spiro atoms. The first-order valence-electron chi connectivity index (χ1n) is 9.59. The molecule has 8 heteroatoms. The van der Waals surface area contributed by atoms with E-state index in [9.17, 15) is 0 Å². The molecule has 0 bridgehead atoms. The average Bonchev–Trinajstić information content (AvgIpc) is 2.60. The molecule has 7 nitrogen and oxygen atoms in total. The SMILES string of the molecule is CCNC(=NCC(C(C)C)N1CCOCC1)NCCN(C)CCOC.I. The summed E-state index contributed by atoms with van der Waals surface area (Å²) in [5, 5.41) is 6.79. The number of hydrogen-bond donors (Lipinski definition) is 2. The molecule has 1 unspecified atom stereocenters. The number of nitrogens with zero attached hydrogens (tertiary/aromatic N) is 3. The summed E-state index contributed by atoms with van der Waals surface area (Å²) in [4.78, 5) is 9.61. The lowest BCUT2D eigenvalue weighted by Gasteiger charge is -2.36. The van der Waals surface area contributed by atoms with Crippen molar-refractivity contribution in [3.63, 3.8) is 0 Å². The highest BCUT2D eigenvalue weighted by Crippen LogP contribution is 2.13. The molecule has 26 heavy (non-hydrogen) atoms. The molecule has 1 heterocycles. The van der Waals surface area contributed by atoms with Crippen molar-refractivity contribution in [2.45, 2.75) is 26.8 Å². The molecule has 0 aromatic carbocycles. The maximum Gasteiger partial charge on any atom is 0.191 e. The topological polar surface area (TPSA) is 61.4 Å². The number of aliphatic imine (C=N–C) groups is 1. The van der Waals surface area contributed by atoms with Crippen molar-refractivity contribution in [3.8, 4) is 0 Å². The molecule has 1 rings (SSSR count). The molecule has 0 amide bonds. The summed E-state index contributed by atoms with van der Waals surface area (Å²) in [5.74, 6) is 1.48. The number of likely N-dealkylation sites (N-methyl/N-ethyl adjacent to an activating group) is 1. The second-order valence-electron chi connectivity index (χ2n) is 6.90. The van der Waals surface area contributed by atoms with Crippen LogP contribution in [0.3, 0.4) is 0 Å². The molecule has 0 aliphatic carbocycles. The highest BCUT2D eigenvalue weighted by molar-refractivity contribution is 14.0. The summed E-state index contributed by atoms with van der Waals surface area (Å²) in [6, 6.07) is 0.462. The fraction of sp³-hybridized carbons (Fsp3) is 0.944. The summed E-state index contributed by atoms with van der Waals surface area (Å²) in [7, 11) is 3.85. The van der Waals surface area contributed by atoms with E-state index in [2.05, 4.69) is 48.3 Å². The monoisotopic (exact) mass is 485 g/mol. The first kappa shape index (κ1) is 25.8. The molecule has 1 atom stereocenters. The van der Waals surface area contributed by atoms with Crippen molar-refractivity contribution in [1.82, 2.24) is 20.4 Å². The van der Waals surface area contributed by atoms with Gasteiger partial charge in [0.15, 0.2) is 5.96 Å². The minimum Gasteiger partial charge on any atom is -0.383 e. The normalized spacial score (nSPS) is 17.3. The summed E-state index contributed by atoms with van der Waals surface area (Å²) >= 11 is 0. The molecule has 156 valence electrons. The van der Waals surface area contributed by atoms with E-state index in [0.29, 0.717) is 12.0 Å². The van der Waals surface area contributed by atoms with E-state index in [1.807, 2.05) is 0 Å². The van der Waals surface area contributed by atoms with Gasteiger partial charge in [-0.05, 0) is 19.9 Å². The number of methoxy groups -OCH3 is 1. The van der Waals surface area contributed by atoms with Gasteiger partial charge in [-0.1, -0.05) is 13.8 Å². The van der Waals surface area contributed by atoms with Gasteiger partial charge in [0.2, 0.25) is 0 Å². The van der Waals surface area contributed by atoms with Crippen LogP contribution in [0.25, 0.3) is 0 Å². The van der Waals surface area contributed by atoms with Crippen LogP contribution in [0.15, 0.2) is 4.99 Å². The van der Waals surface area contributed by atoms with Crippen LogP contribution in [0.5, 0.6) is 0 Å². The third kappa shape index (κ3) is 10.9. The van der Waals surface area contributed by atoms with Gasteiger partial charge in [-0.3, -0.25) is 9.89 Å². The average molecular weight is 485 g/mol. The van der Waals surface area contributed by atoms with E-state index in [-0.39, 0.29) is 24.0 Å². The molecule has 0 saturated carbocycles. The smallest absolute Gasteiger partial charge is 0.191 e. The van der Waals surface area contributed by atoms with Crippen molar-refractivity contribution in [3.05, 3.63) is 0 Å². The highest BCUT2D eigenvalue weighted by Gasteiger charge is 2.23. The van der Waals surface area contributed by atoms with E-state index < -0.39 is 0 Å². The molecule has 2 N–H and O–H groups in total. The summed E-state index contributed by atoms with van der Waals surface area (Å²) < 4.78 is 10.6. The Bertz CT molecular complexity index is 365. The Hall–Kier alpha value is -0.160.